The molecule has 0 aromatic heterocycles. The fourth-order valence-electron chi connectivity index (χ4n) is 3.48. The number of carbonyl (C=O) groups excluding carboxylic acids is 1. The number of nitrogens with zero attached hydrogens (tertiary/aromatic N) is 4. The second-order valence-electron chi connectivity index (χ2n) is 8.13. The first-order valence-corrected chi connectivity index (χ1v) is 11.6. The van der Waals surface area contributed by atoms with Crippen molar-refractivity contribution in [2.45, 2.75) is 41.0 Å². The van der Waals surface area contributed by atoms with Crippen molar-refractivity contribution in [3.8, 4) is 6.07 Å². The Bertz CT molecular complexity index is 1080. The number of hydrogen-bond acceptors (Lipinski definition) is 6. The minimum Gasteiger partial charge on any atom is -0.378 e. The van der Waals surface area contributed by atoms with Crippen LogP contribution >= 0.6 is 0 Å². The average Bonchev–Trinajstić information content (AvgIpc) is 2.86. The molecule has 1 aromatic rings. The number of amidine groups is 1. The van der Waals surface area contributed by atoms with Crippen molar-refractivity contribution in [1.29, 1.82) is 5.26 Å². The molecular formula is C27H35N5O2. The van der Waals surface area contributed by atoms with Crippen molar-refractivity contribution in [2.24, 2.45) is 15.7 Å². The number of nitriles is 1. The number of morpholine rings is 1. The van der Waals surface area contributed by atoms with Crippen LogP contribution in [0.3, 0.4) is 0 Å². The fraction of sp³-hybridized carbons (Fsp3) is 0.407. The zero-order valence-electron chi connectivity index (χ0n) is 20.9. The highest BCUT2D eigenvalue weighted by atomic mass is 16.5. The van der Waals surface area contributed by atoms with Gasteiger partial charge in [0.2, 0.25) is 5.78 Å². The van der Waals surface area contributed by atoms with E-state index < -0.39 is 0 Å². The number of hydrogen-bond donors (Lipinski definition) is 1. The largest absolute Gasteiger partial charge is 0.378 e. The molecular weight excluding hydrogens is 426 g/mol. The molecule has 2 N–H and O–H groups in total. The van der Waals surface area contributed by atoms with Gasteiger partial charge in [-0.2, -0.15) is 5.26 Å². The van der Waals surface area contributed by atoms with E-state index in [2.05, 4.69) is 16.0 Å². The maximum Gasteiger partial charge on any atom is 0.212 e. The molecule has 0 unspecified atom stereocenters. The third-order valence-corrected chi connectivity index (χ3v) is 5.47. The molecule has 1 aliphatic heterocycles. The number of carbonyl (C=O) groups is 1. The van der Waals surface area contributed by atoms with Gasteiger partial charge in [0.25, 0.3) is 0 Å². The Morgan fingerprint density at radius 2 is 1.94 bits per heavy atom. The predicted octanol–water partition coefficient (Wildman–Crippen LogP) is 4.51. The van der Waals surface area contributed by atoms with Gasteiger partial charge in [0.05, 0.1) is 30.5 Å². The van der Waals surface area contributed by atoms with Crippen LogP contribution in [0.2, 0.25) is 0 Å². The third kappa shape index (κ3) is 7.08. The van der Waals surface area contributed by atoms with Crippen molar-refractivity contribution >= 4 is 23.5 Å². The molecule has 7 heteroatoms. The standard InChI is InChI=1S/C27H35N5O2/c1-6-8-25(30-18-21(7-2)16-28)23-10-9-22(17-29)15-24(23)27(33)26(19(3)4)31-20(5)32-11-13-34-14-12-32/h7-10,15,18H,6,11-14,16,28H2,1-5H3/b21-7-,25-8+,30-18+,31-20?. The second kappa shape index (κ2) is 13.4. The highest BCUT2D eigenvalue weighted by Gasteiger charge is 2.21. The van der Waals surface area contributed by atoms with Gasteiger partial charge >= 0.3 is 0 Å². The summed E-state index contributed by atoms with van der Waals surface area (Å²) in [6, 6.07) is 7.25. The first-order chi connectivity index (χ1) is 16.4. The number of nitrogens with two attached hydrogens (primary N) is 1. The van der Waals surface area contributed by atoms with Gasteiger partial charge < -0.3 is 15.4 Å². The summed E-state index contributed by atoms with van der Waals surface area (Å²) in [6.45, 7) is 12.7. The summed E-state index contributed by atoms with van der Waals surface area (Å²) in [5, 5.41) is 9.50. The van der Waals surface area contributed by atoms with Gasteiger partial charge in [-0.1, -0.05) is 25.1 Å². The van der Waals surface area contributed by atoms with Gasteiger partial charge in [-0.05, 0) is 57.4 Å². The summed E-state index contributed by atoms with van der Waals surface area (Å²) in [5.41, 5.74) is 9.97. The van der Waals surface area contributed by atoms with Crippen LogP contribution in [0.25, 0.3) is 5.70 Å². The molecule has 0 radical (unpaired) electrons. The molecule has 0 atom stereocenters. The van der Waals surface area contributed by atoms with Crippen LogP contribution in [0.4, 0.5) is 0 Å². The lowest BCUT2D eigenvalue weighted by Crippen LogP contribution is -2.39. The highest BCUT2D eigenvalue weighted by Crippen LogP contribution is 2.26. The molecule has 0 bridgehead atoms. The zero-order valence-corrected chi connectivity index (χ0v) is 20.9. The number of Topliss-reactive ketones (excluding diaryl/α,β-unsaturated/α-hetero) is 1. The number of allylic oxidation sites excluding steroid dienone is 4. The fourth-order valence-corrected chi connectivity index (χ4v) is 3.48. The molecule has 1 saturated heterocycles. The molecule has 2 rings (SSSR count). The summed E-state index contributed by atoms with van der Waals surface area (Å²) >= 11 is 0. The minimum atomic E-state index is -0.234. The topological polar surface area (TPSA) is 104 Å². The molecule has 0 spiro atoms. The molecule has 1 aliphatic rings. The van der Waals surface area contributed by atoms with Gasteiger partial charge in [0.1, 0.15) is 11.5 Å². The Labute approximate surface area is 203 Å². The molecule has 1 aromatic carbocycles. The van der Waals surface area contributed by atoms with Crippen molar-refractivity contribution in [2.75, 3.05) is 32.8 Å². The summed E-state index contributed by atoms with van der Waals surface area (Å²) < 4.78 is 5.43. The van der Waals surface area contributed by atoms with Gasteiger partial charge in [-0.15, -0.1) is 0 Å². The predicted molar refractivity (Wildman–Crippen MR) is 139 cm³/mol. The Hall–Kier alpha value is -3.34. The van der Waals surface area contributed by atoms with E-state index in [1.165, 1.54) is 0 Å². The van der Waals surface area contributed by atoms with Crippen LogP contribution in [-0.2, 0) is 4.74 Å². The Morgan fingerprint density at radius 3 is 2.50 bits per heavy atom. The van der Waals surface area contributed by atoms with Crippen LogP contribution < -0.4 is 5.73 Å². The van der Waals surface area contributed by atoms with Crippen molar-refractivity contribution in [3.63, 3.8) is 0 Å². The maximum absolute atomic E-state index is 13.8. The van der Waals surface area contributed by atoms with Crippen molar-refractivity contribution in [1.82, 2.24) is 4.90 Å². The number of ether oxygens (including phenoxy) is 1. The lowest BCUT2D eigenvalue weighted by molar-refractivity contribution is 0.0677. The van der Waals surface area contributed by atoms with Gasteiger partial charge in [0.15, 0.2) is 0 Å². The summed E-state index contributed by atoms with van der Waals surface area (Å²) in [6.07, 6.45) is 6.32. The van der Waals surface area contributed by atoms with E-state index in [0.717, 1.165) is 36.5 Å². The third-order valence-electron chi connectivity index (χ3n) is 5.47. The highest BCUT2D eigenvalue weighted by molar-refractivity contribution is 6.13. The van der Waals surface area contributed by atoms with E-state index >= 15 is 0 Å². The molecule has 0 amide bonds. The maximum atomic E-state index is 13.8. The molecule has 0 aliphatic carbocycles. The van der Waals surface area contributed by atoms with Crippen LogP contribution in [0.1, 0.15) is 62.5 Å². The van der Waals surface area contributed by atoms with E-state index in [9.17, 15) is 10.1 Å². The number of ketones is 1. The first-order valence-electron chi connectivity index (χ1n) is 11.6. The Balaban J connectivity index is 2.59. The SMILES string of the molecule is C\C=C(/C=N/C(=C/CC)c1ccc(C#N)cc1C(=O)C(N=C(C)N1CCOCC1)=C(C)C)CN. The van der Waals surface area contributed by atoms with Crippen LogP contribution in [-0.4, -0.2) is 55.6 Å². The van der Waals surface area contributed by atoms with Crippen molar-refractivity contribution < 1.29 is 9.53 Å². The van der Waals surface area contributed by atoms with E-state index in [1.54, 1.807) is 24.4 Å². The zero-order chi connectivity index (χ0) is 25.1. The average molecular weight is 462 g/mol. The molecule has 180 valence electrons. The number of benzene rings is 1. The van der Waals surface area contributed by atoms with Crippen LogP contribution in [0.15, 0.2) is 57.2 Å². The van der Waals surface area contributed by atoms with Crippen LogP contribution in [0.5, 0.6) is 0 Å². The van der Waals surface area contributed by atoms with E-state index in [1.807, 2.05) is 46.8 Å². The first kappa shape index (κ1) is 26.9. The second-order valence-corrected chi connectivity index (χ2v) is 8.13. The molecule has 34 heavy (non-hydrogen) atoms. The molecule has 1 heterocycles. The summed E-state index contributed by atoms with van der Waals surface area (Å²) in [7, 11) is 0. The molecule has 7 nitrogen and oxygen atoms in total. The van der Waals surface area contributed by atoms with E-state index in [-0.39, 0.29) is 5.78 Å². The van der Waals surface area contributed by atoms with Gasteiger partial charge in [-0.3, -0.25) is 9.79 Å². The minimum absolute atomic E-state index is 0.234. The van der Waals surface area contributed by atoms with Crippen LogP contribution in [0, 0.1) is 11.3 Å². The molecule has 1 fully saturated rings. The number of rotatable bonds is 8. The summed E-state index contributed by atoms with van der Waals surface area (Å²) in [5.74, 6) is 0.538. The monoisotopic (exact) mass is 461 g/mol. The van der Waals surface area contributed by atoms with Gasteiger partial charge in [0, 0.05) is 37.0 Å². The normalized spacial score (nSPS) is 15.4. The lowest BCUT2D eigenvalue weighted by atomic mass is 9.95. The quantitative estimate of drug-likeness (QED) is 0.265. The Kier molecular flexibility index (Phi) is 10.6. The summed E-state index contributed by atoms with van der Waals surface area (Å²) in [4.78, 5) is 25.3. The van der Waals surface area contributed by atoms with Gasteiger partial charge in [-0.25, -0.2) is 4.99 Å². The number of aliphatic imine (C=N–C) groups is 2. The molecule has 0 saturated carbocycles. The smallest absolute Gasteiger partial charge is 0.212 e. The van der Waals surface area contributed by atoms with E-state index in [0.29, 0.717) is 47.8 Å². The van der Waals surface area contributed by atoms with E-state index in [4.69, 9.17) is 15.5 Å². The Morgan fingerprint density at radius 1 is 1.24 bits per heavy atom. The lowest BCUT2D eigenvalue weighted by Gasteiger charge is -2.28. The van der Waals surface area contributed by atoms with Crippen molar-refractivity contribution in [3.05, 3.63) is 63.9 Å².